The summed E-state index contributed by atoms with van der Waals surface area (Å²) in [5, 5.41) is 1.63. The van der Waals surface area contributed by atoms with E-state index in [0.717, 1.165) is 16.6 Å². The van der Waals surface area contributed by atoms with Crippen LogP contribution in [-0.4, -0.2) is 59.4 Å². The molecule has 0 saturated carbocycles. The van der Waals surface area contributed by atoms with Crippen molar-refractivity contribution in [1.82, 2.24) is 19.4 Å². The molecular formula is C25H29ClN6O3S. The number of piperazine rings is 1. The number of anilines is 2. The van der Waals surface area contributed by atoms with Gasteiger partial charge in [0, 0.05) is 52.0 Å². The van der Waals surface area contributed by atoms with Crippen molar-refractivity contribution in [2.75, 3.05) is 29.3 Å². The Labute approximate surface area is 217 Å². The maximum absolute atomic E-state index is 13.1. The van der Waals surface area contributed by atoms with Crippen LogP contribution in [0.3, 0.4) is 0 Å². The second-order valence-corrected chi connectivity index (χ2v) is 10.8. The van der Waals surface area contributed by atoms with E-state index in [0.29, 0.717) is 24.7 Å². The fourth-order valence-corrected chi connectivity index (χ4v) is 5.83. The highest BCUT2D eigenvalue weighted by Gasteiger charge is 2.28. The number of carbonyl (C=O) groups excluding carboxylic acids is 1. The largest absolute Gasteiger partial charge is 0.368 e. The molecule has 5 rings (SSSR count). The number of hydrogen-bond acceptors (Lipinski definition) is 6. The summed E-state index contributed by atoms with van der Waals surface area (Å²) in [7, 11) is -3.76. The minimum absolute atomic E-state index is 0. The topological polar surface area (TPSA) is 100 Å². The van der Waals surface area contributed by atoms with Crippen LogP contribution >= 0.6 is 11.6 Å². The Morgan fingerprint density at radius 2 is 1.94 bits per heavy atom. The Balaban J connectivity index is 0.00000200. The SMILES string of the molecule is C[C@H]1CN(c2ccc(S(=O)(=O)Nc3ccncn3)cc2)CCN1C(=O)Cn1ccc2cccc(Cl)c21.[HH].[HH]. The van der Waals surface area contributed by atoms with Crippen molar-refractivity contribution in [3.8, 4) is 0 Å². The van der Waals surface area contributed by atoms with Gasteiger partial charge in [-0.2, -0.15) is 0 Å². The van der Waals surface area contributed by atoms with Crippen LogP contribution in [0.2, 0.25) is 5.02 Å². The number of carbonyl (C=O) groups is 1. The number of amides is 1. The summed E-state index contributed by atoms with van der Waals surface area (Å²) in [5.74, 6) is 0.246. The molecule has 0 radical (unpaired) electrons. The van der Waals surface area contributed by atoms with Crippen LogP contribution < -0.4 is 9.62 Å². The standard InChI is InChI=1S/C25H25ClN6O3S.2H2/c1-18-15-30(20-5-7-21(8-6-20)36(34,35)29-23-9-11-27-17-28-23)13-14-32(18)24(33)16-31-12-10-19-3-2-4-22(26)25(19)31;;/h2-12,17-18H,13-16H2,1H3,(H,27,28,29);2*1H/t18-;;/m0../s1. The Morgan fingerprint density at radius 1 is 1.14 bits per heavy atom. The van der Waals surface area contributed by atoms with E-state index in [2.05, 4.69) is 19.6 Å². The number of hydrogen-bond donors (Lipinski definition) is 1. The number of nitrogens with one attached hydrogen (secondary N) is 1. The fourth-order valence-electron chi connectivity index (χ4n) is 4.53. The lowest BCUT2D eigenvalue weighted by atomic mass is 10.1. The number of para-hydroxylation sites is 1. The third-order valence-corrected chi connectivity index (χ3v) is 8.00. The molecular weight excluding hydrogens is 500 g/mol. The molecule has 1 saturated heterocycles. The van der Waals surface area contributed by atoms with Crippen LogP contribution in [0.1, 0.15) is 9.78 Å². The van der Waals surface area contributed by atoms with Gasteiger partial charge >= 0.3 is 0 Å². The third-order valence-electron chi connectivity index (χ3n) is 6.33. The van der Waals surface area contributed by atoms with Gasteiger partial charge in [0.05, 0.1) is 15.4 Å². The second-order valence-electron chi connectivity index (χ2n) is 8.70. The van der Waals surface area contributed by atoms with Gasteiger partial charge in [0.2, 0.25) is 5.91 Å². The molecule has 1 fully saturated rings. The van der Waals surface area contributed by atoms with Crippen molar-refractivity contribution >= 4 is 49.9 Å². The fraction of sp³-hybridized carbons (Fsp3) is 0.240. The highest BCUT2D eigenvalue weighted by atomic mass is 35.5. The molecule has 0 bridgehead atoms. The van der Waals surface area contributed by atoms with Gasteiger partial charge in [0.15, 0.2) is 0 Å². The zero-order valence-corrected chi connectivity index (χ0v) is 21.2. The highest BCUT2D eigenvalue weighted by molar-refractivity contribution is 7.92. The van der Waals surface area contributed by atoms with Crippen molar-refractivity contribution < 1.29 is 16.1 Å². The summed E-state index contributed by atoms with van der Waals surface area (Å²) in [5.41, 5.74) is 1.76. The molecule has 1 aliphatic heterocycles. The van der Waals surface area contributed by atoms with Gasteiger partial charge < -0.3 is 14.4 Å². The lowest BCUT2D eigenvalue weighted by Gasteiger charge is -2.41. The average Bonchev–Trinajstić information content (AvgIpc) is 3.28. The zero-order valence-electron chi connectivity index (χ0n) is 19.6. The molecule has 1 atom stereocenters. The highest BCUT2D eigenvalue weighted by Crippen LogP contribution is 2.26. The smallest absolute Gasteiger partial charge is 0.263 e. The van der Waals surface area contributed by atoms with E-state index in [4.69, 9.17) is 11.6 Å². The number of halogens is 1. The number of fused-ring (bicyclic) bond motifs is 1. The molecule has 190 valence electrons. The van der Waals surface area contributed by atoms with Crippen molar-refractivity contribution in [1.29, 1.82) is 0 Å². The van der Waals surface area contributed by atoms with Crippen LogP contribution in [0.4, 0.5) is 11.5 Å². The van der Waals surface area contributed by atoms with Crippen molar-refractivity contribution in [3.63, 3.8) is 0 Å². The van der Waals surface area contributed by atoms with E-state index in [1.165, 1.54) is 18.6 Å². The molecule has 3 heterocycles. The molecule has 0 unspecified atom stereocenters. The Kier molecular flexibility index (Phi) is 6.55. The summed E-state index contributed by atoms with van der Waals surface area (Å²) in [6, 6.07) is 15.9. The number of nitrogens with zero attached hydrogens (tertiary/aromatic N) is 5. The van der Waals surface area contributed by atoms with Crippen LogP contribution in [0.25, 0.3) is 10.9 Å². The predicted octanol–water partition coefficient (Wildman–Crippen LogP) is 4.11. The Morgan fingerprint density at radius 3 is 2.67 bits per heavy atom. The molecule has 0 aliphatic carbocycles. The molecule has 1 aliphatic rings. The monoisotopic (exact) mass is 528 g/mol. The lowest BCUT2D eigenvalue weighted by Crippen LogP contribution is -2.54. The van der Waals surface area contributed by atoms with E-state index in [1.807, 2.05) is 46.9 Å². The molecule has 4 aromatic rings. The van der Waals surface area contributed by atoms with E-state index < -0.39 is 10.0 Å². The maximum atomic E-state index is 13.1. The first-order valence-electron chi connectivity index (χ1n) is 11.5. The quantitative estimate of drug-likeness (QED) is 0.404. The van der Waals surface area contributed by atoms with Crippen LogP contribution in [0, 0.1) is 0 Å². The summed E-state index contributed by atoms with van der Waals surface area (Å²) in [4.78, 5) is 25.0. The summed E-state index contributed by atoms with van der Waals surface area (Å²) < 4.78 is 29.6. The molecule has 1 N–H and O–H groups in total. The van der Waals surface area contributed by atoms with Gasteiger partial charge in [-0.25, -0.2) is 18.4 Å². The first-order valence-corrected chi connectivity index (χ1v) is 13.3. The number of rotatable bonds is 6. The minimum Gasteiger partial charge on any atom is -0.368 e. The number of aromatic nitrogens is 3. The third kappa shape index (κ3) is 4.87. The van der Waals surface area contributed by atoms with E-state index in [9.17, 15) is 13.2 Å². The van der Waals surface area contributed by atoms with Gasteiger partial charge in [0.25, 0.3) is 10.0 Å². The van der Waals surface area contributed by atoms with E-state index in [-0.39, 0.29) is 32.1 Å². The average molecular weight is 529 g/mol. The van der Waals surface area contributed by atoms with E-state index in [1.54, 1.807) is 24.3 Å². The van der Waals surface area contributed by atoms with Crippen molar-refractivity contribution in [2.24, 2.45) is 0 Å². The molecule has 1 amide bonds. The number of sulfonamides is 1. The normalized spacial score (nSPS) is 16.3. The molecule has 11 heteroatoms. The van der Waals surface area contributed by atoms with Gasteiger partial charge in [-0.05, 0) is 49.4 Å². The predicted molar refractivity (Wildman–Crippen MR) is 144 cm³/mol. The van der Waals surface area contributed by atoms with Crippen molar-refractivity contribution in [3.05, 3.63) is 78.3 Å². The molecule has 9 nitrogen and oxygen atoms in total. The summed E-state index contributed by atoms with van der Waals surface area (Å²) in [6.45, 7) is 4.11. The van der Waals surface area contributed by atoms with Crippen molar-refractivity contribution in [2.45, 2.75) is 24.4 Å². The lowest BCUT2D eigenvalue weighted by molar-refractivity contribution is -0.134. The molecule has 2 aromatic carbocycles. The summed E-state index contributed by atoms with van der Waals surface area (Å²) in [6.07, 6.45) is 4.64. The van der Waals surface area contributed by atoms with Gasteiger partial charge in [-0.3, -0.25) is 9.52 Å². The molecule has 36 heavy (non-hydrogen) atoms. The Bertz CT molecular complexity index is 1500. The second kappa shape index (κ2) is 9.79. The minimum atomic E-state index is -3.76. The molecule has 2 aromatic heterocycles. The summed E-state index contributed by atoms with van der Waals surface area (Å²) >= 11 is 6.37. The van der Waals surface area contributed by atoms with Gasteiger partial charge in [-0.1, -0.05) is 23.7 Å². The first-order chi connectivity index (χ1) is 17.3. The Hall–Kier alpha value is -3.63. The van der Waals surface area contributed by atoms with Crippen LogP contribution in [0.5, 0.6) is 0 Å². The maximum Gasteiger partial charge on any atom is 0.263 e. The van der Waals surface area contributed by atoms with Crippen LogP contribution in [0.15, 0.2) is 78.2 Å². The first kappa shape index (κ1) is 24.1. The number of benzene rings is 2. The molecule has 0 spiro atoms. The van der Waals surface area contributed by atoms with Crippen LogP contribution in [-0.2, 0) is 21.4 Å². The van der Waals surface area contributed by atoms with Gasteiger partial charge in [0.1, 0.15) is 18.7 Å². The zero-order chi connectivity index (χ0) is 25.3. The van der Waals surface area contributed by atoms with Gasteiger partial charge in [-0.15, -0.1) is 0 Å². The van der Waals surface area contributed by atoms with E-state index >= 15 is 0 Å².